The number of Topliss-reactive ketones (excluding diaryl/α,β-unsaturated/α-hetero) is 1. The second kappa shape index (κ2) is 6.33. The molecule has 3 rings (SSSR count). The number of rotatable bonds is 5. The Morgan fingerprint density at radius 3 is 2.79 bits per heavy atom. The Balaban J connectivity index is 1.89. The highest BCUT2D eigenvalue weighted by Crippen LogP contribution is 2.31. The minimum atomic E-state index is -0.885. The van der Waals surface area contributed by atoms with E-state index in [4.69, 9.17) is 16.3 Å². The SMILES string of the molecule is C[C@@H](Oc1ccc(Cl)cc1[N+](=O)[O-])C(=O)c1c[nH]c2ccccc12. The van der Waals surface area contributed by atoms with Crippen molar-refractivity contribution in [3.8, 4) is 5.75 Å². The predicted octanol–water partition coefficient (Wildman–Crippen LogP) is 4.38. The quantitative estimate of drug-likeness (QED) is 0.423. The van der Waals surface area contributed by atoms with Gasteiger partial charge in [0.05, 0.1) is 4.92 Å². The van der Waals surface area contributed by atoms with E-state index in [0.29, 0.717) is 5.56 Å². The first-order chi connectivity index (χ1) is 11.5. The number of ether oxygens (including phenoxy) is 1. The van der Waals surface area contributed by atoms with Crippen LogP contribution in [0.1, 0.15) is 17.3 Å². The lowest BCUT2D eigenvalue weighted by Gasteiger charge is -2.13. The van der Waals surface area contributed by atoms with Gasteiger partial charge in [-0.15, -0.1) is 0 Å². The van der Waals surface area contributed by atoms with Gasteiger partial charge in [0.2, 0.25) is 5.78 Å². The van der Waals surface area contributed by atoms with Crippen LogP contribution in [0.5, 0.6) is 5.75 Å². The van der Waals surface area contributed by atoms with Crippen molar-refractivity contribution < 1.29 is 14.5 Å². The first-order valence-electron chi connectivity index (χ1n) is 7.18. The van der Waals surface area contributed by atoms with Gasteiger partial charge < -0.3 is 9.72 Å². The number of nitro benzene ring substituents is 1. The van der Waals surface area contributed by atoms with Crippen molar-refractivity contribution in [3.05, 3.63) is 69.4 Å². The number of aromatic amines is 1. The summed E-state index contributed by atoms with van der Waals surface area (Å²) in [4.78, 5) is 26.2. The third-order valence-electron chi connectivity index (χ3n) is 3.65. The third kappa shape index (κ3) is 2.96. The van der Waals surface area contributed by atoms with Gasteiger partial charge >= 0.3 is 5.69 Å². The number of H-pyrrole nitrogens is 1. The highest BCUT2D eigenvalue weighted by Gasteiger charge is 2.24. The molecule has 0 aliphatic rings. The van der Waals surface area contributed by atoms with Gasteiger partial charge in [-0.05, 0) is 25.1 Å². The molecular weight excluding hydrogens is 332 g/mol. The zero-order valence-corrected chi connectivity index (χ0v) is 13.4. The second-order valence-electron chi connectivity index (χ2n) is 5.24. The highest BCUT2D eigenvalue weighted by atomic mass is 35.5. The van der Waals surface area contributed by atoms with E-state index in [1.165, 1.54) is 18.2 Å². The Kier molecular flexibility index (Phi) is 4.22. The predicted molar refractivity (Wildman–Crippen MR) is 90.8 cm³/mol. The average molecular weight is 345 g/mol. The molecule has 0 aliphatic heterocycles. The standard InChI is InChI=1S/C17H13ClN2O4/c1-10(24-16-7-6-11(18)8-15(16)20(22)23)17(21)13-9-19-14-5-3-2-4-12(13)14/h2-10,19H,1H3/t10-/m1/s1. The molecule has 24 heavy (non-hydrogen) atoms. The summed E-state index contributed by atoms with van der Waals surface area (Å²) in [7, 11) is 0. The van der Waals surface area contributed by atoms with Gasteiger partial charge in [-0.1, -0.05) is 29.8 Å². The number of nitro groups is 1. The lowest BCUT2D eigenvalue weighted by molar-refractivity contribution is -0.386. The zero-order valence-electron chi connectivity index (χ0n) is 12.7. The van der Waals surface area contributed by atoms with E-state index in [1.807, 2.05) is 24.3 Å². The smallest absolute Gasteiger partial charge is 0.312 e. The topological polar surface area (TPSA) is 85.2 Å². The number of ketones is 1. The number of nitrogens with zero attached hydrogens (tertiary/aromatic N) is 1. The largest absolute Gasteiger partial charge is 0.475 e. The minimum absolute atomic E-state index is 0.00471. The van der Waals surface area contributed by atoms with Crippen molar-refractivity contribution in [2.75, 3.05) is 0 Å². The molecule has 0 bridgehead atoms. The third-order valence-corrected chi connectivity index (χ3v) is 3.88. The van der Waals surface area contributed by atoms with Crippen LogP contribution in [0.15, 0.2) is 48.7 Å². The maximum Gasteiger partial charge on any atom is 0.312 e. The van der Waals surface area contributed by atoms with E-state index in [-0.39, 0.29) is 22.2 Å². The van der Waals surface area contributed by atoms with E-state index in [9.17, 15) is 14.9 Å². The molecule has 1 heterocycles. The molecule has 3 aromatic rings. The van der Waals surface area contributed by atoms with E-state index in [1.54, 1.807) is 13.1 Å². The van der Waals surface area contributed by atoms with Crippen molar-refractivity contribution in [1.29, 1.82) is 0 Å². The van der Waals surface area contributed by atoms with Crippen LogP contribution in [-0.2, 0) is 0 Å². The number of hydrogen-bond donors (Lipinski definition) is 1. The number of aromatic nitrogens is 1. The van der Waals surface area contributed by atoms with E-state index >= 15 is 0 Å². The van der Waals surface area contributed by atoms with Crippen LogP contribution >= 0.6 is 11.6 Å². The molecule has 0 fully saturated rings. The van der Waals surface area contributed by atoms with Gasteiger partial charge in [0.25, 0.3) is 0 Å². The maximum atomic E-state index is 12.6. The molecule has 1 atom stereocenters. The molecule has 7 heteroatoms. The summed E-state index contributed by atoms with van der Waals surface area (Å²) in [6.07, 6.45) is 0.729. The fraction of sp³-hybridized carbons (Fsp3) is 0.118. The molecule has 0 saturated heterocycles. The lowest BCUT2D eigenvalue weighted by atomic mass is 10.1. The second-order valence-corrected chi connectivity index (χ2v) is 5.68. The first-order valence-corrected chi connectivity index (χ1v) is 7.56. The normalized spacial score (nSPS) is 12.1. The molecule has 0 radical (unpaired) electrons. The molecule has 6 nitrogen and oxygen atoms in total. The van der Waals surface area contributed by atoms with Crippen LogP contribution in [0.25, 0.3) is 10.9 Å². The number of para-hydroxylation sites is 1. The summed E-state index contributed by atoms with van der Waals surface area (Å²) in [5.41, 5.74) is 1.04. The Labute approximate surface area is 142 Å². The molecule has 1 N–H and O–H groups in total. The summed E-state index contributed by atoms with van der Waals surface area (Å²) in [5, 5.41) is 12.1. The zero-order chi connectivity index (χ0) is 17.3. The summed E-state index contributed by atoms with van der Waals surface area (Å²) < 4.78 is 5.53. The average Bonchev–Trinajstić information content (AvgIpc) is 2.99. The Morgan fingerprint density at radius 2 is 2.04 bits per heavy atom. The minimum Gasteiger partial charge on any atom is -0.475 e. The Hall–Kier alpha value is -2.86. The van der Waals surface area contributed by atoms with Crippen LogP contribution < -0.4 is 4.74 Å². The number of carbonyl (C=O) groups excluding carboxylic acids is 1. The lowest BCUT2D eigenvalue weighted by Crippen LogP contribution is -2.24. The Morgan fingerprint density at radius 1 is 1.29 bits per heavy atom. The summed E-state index contributed by atoms with van der Waals surface area (Å²) >= 11 is 5.78. The molecule has 2 aromatic carbocycles. The van der Waals surface area contributed by atoms with Crippen molar-refractivity contribution in [2.45, 2.75) is 13.0 Å². The van der Waals surface area contributed by atoms with E-state index in [0.717, 1.165) is 10.9 Å². The summed E-state index contributed by atoms with van der Waals surface area (Å²) in [6, 6.07) is 11.5. The van der Waals surface area contributed by atoms with Crippen LogP contribution in [0, 0.1) is 10.1 Å². The number of hydrogen-bond acceptors (Lipinski definition) is 4. The number of benzene rings is 2. The maximum absolute atomic E-state index is 12.6. The van der Waals surface area contributed by atoms with Gasteiger partial charge in [-0.2, -0.15) is 0 Å². The summed E-state index contributed by atoms with van der Waals surface area (Å²) in [6.45, 7) is 1.56. The van der Waals surface area contributed by atoms with Gasteiger partial charge in [0.1, 0.15) is 0 Å². The van der Waals surface area contributed by atoms with Crippen LogP contribution in [0.2, 0.25) is 5.02 Å². The van der Waals surface area contributed by atoms with Crippen LogP contribution in [0.4, 0.5) is 5.69 Å². The summed E-state index contributed by atoms with van der Waals surface area (Å²) in [5.74, 6) is -0.262. The van der Waals surface area contributed by atoms with Gasteiger partial charge in [0, 0.05) is 33.8 Å². The fourth-order valence-corrected chi connectivity index (χ4v) is 2.64. The first kappa shape index (κ1) is 16.0. The molecule has 0 amide bonds. The number of carbonyl (C=O) groups is 1. The van der Waals surface area contributed by atoms with Gasteiger partial charge in [-0.25, -0.2) is 0 Å². The highest BCUT2D eigenvalue weighted by molar-refractivity contribution is 6.30. The number of nitrogens with one attached hydrogen (secondary N) is 1. The van der Waals surface area contributed by atoms with Crippen LogP contribution in [-0.4, -0.2) is 21.8 Å². The molecular formula is C17H13ClN2O4. The molecule has 0 saturated carbocycles. The molecule has 0 spiro atoms. The number of fused-ring (bicyclic) bond motifs is 1. The van der Waals surface area contributed by atoms with Crippen molar-refractivity contribution in [3.63, 3.8) is 0 Å². The Bertz CT molecular complexity index is 935. The van der Waals surface area contributed by atoms with E-state index in [2.05, 4.69) is 4.98 Å². The van der Waals surface area contributed by atoms with E-state index < -0.39 is 11.0 Å². The van der Waals surface area contributed by atoms with Crippen molar-refractivity contribution >= 4 is 34.0 Å². The monoisotopic (exact) mass is 344 g/mol. The number of halogens is 1. The van der Waals surface area contributed by atoms with Crippen LogP contribution in [0.3, 0.4) is 0 Å². The van der Waals surface area contributed by atoms with Crippen molar-refractivity contribution in [2.24, 2.45) is 0 Å². The molecule has 122 valence electrons. The molecule has 0 aliphatic carbocycles. The van der Waals surface area contributed by atoms with Crippen molar-refractivity contribution in [1.82, 2.24) is 4.98 Å². The van der Waals surface area contributed by atoms with Gasteiger partial charge in [0.15, 0.2) is 11.9 Å². The molecule has 1 aromatic heterocycles. The molecule has 0 unspecified atom stereocenters. The fourth-order valence-electron chi connectivity index (χ4n) is 2.47. The van der Waals surface area contributed by atoms with Gasteiger partial charge in [-0.3, -0.25) is 14.9 Å².